The van der Waals surface area contributed by atoms with Gasteiger partial charge < -0.3 is 20.8 Å². The number of rotatable bonds is 5. The molecule has 182 valence electrons. The Hall–Kier alpha value is -2.52. The van der Waals surface area contributed by atoms with Crippen LogP contribution in [0.3, 0.4) is 0 Å². The highest BCUT2D eigenvalue weighted by Gasteiger charge is 2.57. The monoisotopic (exact) mass is 464 g/mol. The maximum absolute atomic E-state index is 7.83. The number of ether oxygens (including phenoxy) is 1. The maximum atomic E-state index is 7.83. The summed E-state index contributed by atoms with van der Waals surface area (Å²) in [6, 6.07) is 0. The van der Waals surface area contributed by atoms with Crippen LogP contribution < -0.4 is 10.6 Å². The van der Waals surface area contributed by atoms with E-state index in [2.05, 4.69) is 31.4 Å². The third-order valence-electron chi connectivity index (χ3n) is 8.96. The Morgan fingerprint density at radius 3 is 2.59 bits per heavy atom. The normalized spacial score (nSPS) is 28.9. The van der Waals surface area contributed by atoms with Gasteiger partial charge in [0.25, 0.3) is 0 Å². The van der Waals surface area contributed by atoms with E-state index in [0.717, 1.165) is 63.9 Å². The standard InChI is InChI=1S/C25H36N8O/c1-17-20-14-31(23-19(13-26)22(27)28-18(2)29-23)8-3-21(20)33(30-17)16-24-4-6-25(15-24,7-5-24)32-9-11-34-12-10-32/h13,26H,3-12,14-16H2,1-2H3,(H2,27,28,29). The van der Waals surface area contributed by atoms with Gasteiger partial charge in [0.2, 0.25) is 0 Å². The number of aromatic nitrogens is 4. The predicted octanol–water partition coefficient (Wildman–Crippen LogP) is 2.47. The van der Waals surface area contributed by atoms with Crippen LogP contribution in [0.1, 0.15) is 60.4 Å². The van der Waals surface area contributed by atoms with Gasteiger partial charge in [0, 0.05) is 62.2 Å². The van der Waals surface area contributed by atoms with Crippen LogP contribution in [0.15, 0.2) is 0 Å². The molecule has 0 radical (unpaired) electrons. The first kappa shape index (κ1) is 22.0. The number of nitrogens with two attached hydrogens (primary N) is 1. The highest BCUT2D eigenvalue weighted by Crippen LogP contribution is 2.59. The lowest BCUT2D eigenvalue weighted by Gasteiger charge is -2.42. The van der Waals surface area contributed by atoms with Gasteiger partial charge in [-0.05, 0) is 51.4 Å². The third kappa shape index (κ3) is 3.43. The van der Waals surface area contributed by atoms with Crippen molar-refractivity contribution >= 4 is 17.9 Å². The molecule has 0 unspecified atom stereocenters. The molecule has 1 saturated heterocycles. The van der Waals surface area contributed by atoms with Crippen molar-refractivity contribution in [2.24, 2.45) is 5.41 Å². The van der Waals surface area contributed by atoms with Crippen molar-refractivity contribution in [3.63, 3.8) is 0 Å². The molecule has 3 N–H and O–H groups in total. The molecule has 4 heterocycles. The molecule has 2 saturated carbocycles. The highest BCUT2D eigenvalue weighted by atomic mass is 16.5. The summed E-state index contributed by atoms with van der Waals surface area (Å²) in [5, 5.41) is 12.9. The Balaban J connectivity index is 1.23. The number of anilines is 2. The average Bonchev–Trinajstić information content (AvgIpc) is 3.50. The Morgan fingerprint density at radius 1 is 1.09 bits per heavy atom. The van der Waals surface area contributed by atoms with E-state index in [4.69, 9.17) is 21.0 Å². The van der Waals surface area contributed by atoms with Crippen LogP contribution in [0, 0.1) is 24.7 Å². The quantitative estimate of drug-likeness (QED) is 0.654. The first-order valence-corrected chi connectivity index (χ1v) is 12.7. The van der Waals surface area contributed by atoms with Gasteiger partial charge >= 0.3 is 0 Å². The average molecular weight is 465 g/mol. The SMILES string of the molecule is Cc1nc(N)c(C=N)c(N2CCc3c(c(C)nn3CC34CCC(N5CCOCC5)(CC3)C4)C2)n1. The second kappa shape index (κ2) is 8.02. The molecule has 2 aromatic heterocycles. The van der Waals surface area contributed by atoms with E-state index < -0.39 is 0 Å². The van der Waals surface area contributed by atoms with Crippen LogP contribution in [0.2, 0.25) is 0 Å². The molecule has 2 aliphatic carbocycles. The van der Waals surface area contributed by atoms with Gasteiger partial charge in [-0.15, -0.1) is 0 Å². The minimum absolute atomic E-state index is 0.376. The summed E-state index contributed by atoms with van der Waals surface area (Å²) >= 11 is 0. The zero-order valence-electron chi connectivity index (χ0n) is 20.4. The van der Waals surface area contributed by atoms with Crippen molar-refractivity contribution in [3.05, 3.63) is 28.3 Å². The van der Waals surface area contributed by atoms with Gasteiger partial charge in [-0.1, -0.05) is 0 Å². The van der Waals surface area contributed by atoms with E-state index in [1.54, 1.807) is 0 Å². The molecular weight excluding hydrogens is 428 g/mol. The molecule has 2 aromatic rings. The number of nitrogens with one attached hydrogen (secondary N) is 1. The lowest BCUT2D eigenvalue weighted by atomic mass is 9.83. The zero-order valence-corrected chi connectivity index (χ0v) is 20.4. The fourth-order valence-electron chi connectivity index (χ4n) is 7.24. The molecule has 0 amide bonds. The van der Waals surface area contributed by atoms with E-state index in [1.807, 2.05) is 6.92 Å². The lowest BCUT2D eigenvalue weighted by molar-refractivity contribution is -0.0193. The topological polar surface area (TPSA) is 109 Å². The minimum Gasteiger partial charge on any atom is -0.383 e. The molecule has 2 bridgehead atoms. The number of fused-ring (bicyclic) bond motifs is 3. The Morgan fingerprint density at radius 2 is 1.85 bits per heavy atom. The van der Waals surface area contributed by atoms with E-state index in [9.17, 15) is 0 Å². The van der Waals surface area contributed by atoms with Gasteiger partial charge in [0.05, 0.1) is 24.5 Å². The summed E-state index contributed by atoms with van der Waals surface area (Å²) in [6.07, 6.45) is 8.78. The van der Waals surface area contributed by atoms with Gasteiger partial charge in [0.15, 0.2) is 0 Å². The number of nitrogen functional groups attached to an aromatic ring is 1. The molecule has 3 fully saturated rings. The number of hydrogen-bond donors (Lipinski definition) is 2. The Bertz CT molecular complexity index is 1110. The molecule has 34 heavy (non-hydrogen) atoms. The van der Waals surface area contributed by atoms with Crippen LogP contribution in [0.5, 0.6) is 0 Å². The molecule has 9 heteroatoms. The number of hydrogen-bond acceptors (Lipinski definition) is 8. The second-order valence-corrected chi connectivity index (χ2v) is 10.9. The smallest absolute Gasteiger partial charge is 0.143 e. The fourth-order valence-corrected chi connectivity index (χ4v) is 7.24. The Kier molecular flexibility index (Phi) is 5.18. The molecular formula is C25H36N8O. The summed E-state index contributed by atoms with van der Waals surface area (Å²) in [5.41, 5.74) is 11.3. The second-order valence-electron chi connectivity index (χ2n) is 10.9. The van der Waals surface area contributed by atoms with Crippen molar-refractivity contribution < 1.29 is 4.74 Å². The molecule has 0 atom stereocenters. The van der Waals surface area contributed by atoms with Gasteiger partial charge in [-0.3, -0.25) is 9.58 Å². The Labute approximate surface area is 201 Å². The zero-order chi connectivity index (χ0) is 23.5. The maximum Gasteiger partial charge on any atom is 0.143 e. The predicted molar refractivity (Wildman–Crippen MR) is 131 cm³/mol. The summed E-state index contributed by atoms with van der Waals surface area (Å²) in [7, 11) is 0. The summed E-state index contributed by atoms with van der Waals surface area (Å²) < 4.78 is 7.98. The molecule has 0 spiro atoms. The van der Waals surface area contributed by atoms with Gasteiger partial charge in [-0.25, -0.2) is 9.97 Å². The number of aryl methyl sites for hydroxylation is 2. The summed E-state index contributed by atoms with van der Waals surface area (Å²) in [4.78, 5) is 13.9. The minimum atomic E-state index is 0.376. The highest BCUT2D eigenvalue weighted by molar-refractivity contribution is 5.90. The van der Waals surface area contributed by atoms with Crippen LogP contribution in [0.25, 0.3) is 0 Å². The van der Waals surface area contributed by atoms with Gasteiger partial charge in [0.1, 0.15) is 17.5 Å². The first-order chi connectivity index (χ1) is 16.4. The fraction of sp³-hybridized carbons (Fsp3) is 0.680. The van der Waals surface area contributed by atoms with Crippen LogP contribution in [-0.4, -0.2) is 69.2 Å². The van der Waals surface area contributed by atoms with Crippen LogP contribution in [0.4, 0.5) is 11.6 Å². The summed E-state index contributed by atoms with van der Waals surface area (Å²) in [5.74, 6) is 1.78. The van der Waals surface area contributed by atoms with Crippen LogP contribution in [-0.2, 0) is 24.2 Å². The number of nitrogens with zero attached hydrogens (tertiary/aromatic N) is 6. The van der Waals surface area contributed by atoms with E-state index in [-0.39, 0.29) is 0 Å². The van der Waals surface area contributed by atoms with Gasteiger partial charge in [-0.2, -0.15) is 5.10 Å². The number of morpholine rings is 1. The molecule has 9 nitrogen and oxygen atoms in total. The largest absolute Gasteiger partial charge is 0.383 e. The lowest BCUT2D eigenvalue weighted by Crippen LogP contribution is -2.51. The molecule has 0 aromatic carbocycles. The van der Waals surface area contributed by atoms with Crippen molar-refractivity contribution in [1.82, 2.24) is 24.6 Å². The van der Waals surface area contributed by atoms with Crippen molar-refractivity contribution in [3.8, 4) is 0 Å². The van der Waals surface area contributed by atoms with Crippen molar-refractivity contribution in [1.29, 1.82) is 5.41 Å². The molecule has 6 rings (SSSR count). The van der Waals surface area contributed by atoms with Crippen molar-refractivity contribution in [2.45, 2.75) is 71.0 Å². The van der Waals surface area contributed by atoms with Crippen molar-refractivity contribution in [2.75, 3.05) is 43.5 Å². The first-order valence-electron chi connectivity index (χ1n) is 12.7. The van der Waals surface area contributed by atoms with Crippen LogP contribution >= 0.6 is 0 Å². The van der Waals surface area contributed by atoms with E-state index in [1.165, 1.54) is 49.6 Å². The molecule has 4 aliphatic rings. The third-order valence-corrected chi connectivity index (χ3v) is 8.96. The summed E-state index contributed by atoms with van der Waals surface area (Å²) in [6.45, 7) is 10.6. The van der Waals surface area contributed by atoms with E-state index in [0.29, 0.717) is 28.2 Å². The van der Waals surface area contributed by atoms with E-state index >= 15 is 0 Å². The molecule has 2 aliphatic heterocycles.